The summed E-state index contributed by atoms with van der Waals surface area (Å²) in [5, 5.41) is 0. The highest BCUT2D eigenvalue weighted by Crippen LogP contribution is 2.27. The zero-order valence-corrected chi connectivity index (χ0v) is 11.2. The van der Waals surface area contributed by atoms with E-state index in [0.29, 0.717) is 12.2 Å². The van der Waals surface area contributed by atoms with Crippen molar-refractivity contribution in [2.45, 2.75) is 65.3 Å². The van der Waals surface area contributed by atoms with Crippen LogP contribution in [0.3, 0.4) is 0 Å². The number of ketones is 1. The number of carbonyl (C=O) groups excluding carboxylic acids is 1. The molecular weight excluding hydrogens is 198 g/mol. The lowest BCUT2D eigenvalue weighted by molar-refractivity contribution is -0.118. The Morgan fingerprint density at radius 3 is 2.50 bits per heavy atom. The van der Waals surface area contributed by atoms with Crippen LogP contribution in [0.1, 0.15) is 59.3 Å². The van der Waals surface area contributed by atoms with E-state index in [1.54, 1.807) is 0 Å². The third kappa shape index (κ3) is 5.64. The van der Waals surface area contributed by atoms with Crippen LogP contribution in [0.15, 0.2) is 0 Å². The summed E-state index contributed by atoms with van der Waals surface area (Å²) in [6, 6.07) is 0.843. The molecule has 0 aromatic rings. The van der Waals surface area contributed by atoms with Crippen molar-refractivity contribution < 1.29 is 4.79 Å². The Balaban J connectivity index is 2.15. The first kappa shape index (κ1) is 13.7. The van der Waals surface area contributed by atoms with Gasteiger partial charge < -0.3 is 4.90 Å². The first-order chi connectivity index (χ1) is 7.63. The van der Waals surface area contributed by atoms with Gasteiger partial charge >= 0.3 is 0 Å². The predicted octanol–water partition coefficient (Wildman–Crippen LogP) is 3.26. The Morgan fingerprint density at radius 1 is 1.31 bits per heavy atom. The molecule has 0 saturated heterocycles. The van der Waals surface area contributed by atoms with Crippen molar-refractivity contribution in [2.24, 2.45) is 5.92 Å². The molecule has 0 N–H and O–H groups in total. The third-order valence-electron chi connectivity index (χ3n) is 3.35. The molecule has 1 aliphatic rings. The van der Waals surface area contributed by atoms with Gasteiger partial charge in [0.15, 0.2) is 0 Å². The molecule has 1 saturated carbocycles. The summed E-state index contributed by atoms with van der Waals surface area (Å²) >= 11 is 0. The lowest BCUT2D eigenvalue weighted by Gasteiger charge is -2.22. The molecule has 0 aliphatic heterocycles. The number of carbonyl (C=O) groups is 1. The maximum absolute atomic E-state index is 11.2. The molecule has 1 rings (SSSR count). The largest absolute Gasteiger partial charge is 0.300 e. The van der Waals surface area contributed by atoms with Crippen molar-refractivity contribution in [3.05, 3.63) is 0 Å². The topological polar surface area (TPSA) is 20.3 Å². The fourth-order valence-electron chi connectivity index (χ4n) is 2.00. The highest BCUT2D eigenvalue weighted by molar-refractivity contribution is 5.77. The Bertz CT molecular complexity index is 209. The van der Waals surface area contributed by atoms with Gasteiger partial charge in [-0.15, -0.1) is 0 Å². The number of rotatable bonds is 9. The van der Waals surface area contributed by atoms with Gasteiger partial charge in [-0.3, -0.25) is 4.79 Å². The van der Waals surface area contributed by atoms with Crippen LogP contribution >= 0.6 is 0 Å². The fourth-order valence-corrected chi connectivity index (χ4v) is 2.00. The van der Waals surface area contributed by atoms with Gasteiger partial charge in [0.25, 0.3) is 0 Å². The van der Waals surface area contributed by atoms with Gasteiger partial charge in [-0.2, -0.15) is 0 Å². The van der Waals surface area contributed by atoms with Crippen molar-refractivity contribution in [1.29, 1.82) is 0 Å². The van der Waals surface area contributed by atoms with Gasteiger partial charge in [0.05, 0.1) is 0 Å². The molecule has 2 heteroatoms. The van der Waals surface area contributed by atoms with E-state index in [1.165, 1.54) is 25.8 Å². The lowest BCUT2D eigenvalue weighted by atomic mass is 10.1. The van der Waals surface area contributed by atoms with Crippen molar-refractivity contribution in [3.8, 4) is 0 Å². The number of nitrogens with zero attached hydrogens (tertiary/aromatic N) is 1. The molecule has 16 heavy (non-hydrogen) atoms. The Hall–Kier alpha value is -0.370. The molecular formula is C14H27NO. The summed E-state index contributed by atoms with van der Waals surface area (Å²) in [6.45, 7) is 8.88. The second-order valence-electron chi connectivity index (χ2n) is 5.45. The SMILES string of the molecule is CCC(=O)CCCN(CCC(C)C)C1CC1. The quantitative estimate of drug-likeness (QED) is 0.600. The molecule has 0 heterocycles. The minimum atomic E-state index is 0.416. The van der Waals surface area contributed by atoms with Gasteiger partial charge in [0, 0.05) is 18.9 Å². The molecule has 0 radical (unpaired) electrons. The molecule has 0 aromatic carbocycles. The molecule has 2 nitrogen and oxygen atoms in total. The van der Waals surface area contributed by atoms with Crippen LogP contribution in [0.2, 0.25) is 0 Å². The summed E-state index contributed by atoms with van der Waals surface area (Å²) in [7, 11) is 0. The highest BCUT2D eigenvalue weighted by Gasteiger charge is 2.28. The van der Waals surface area contributed by atoms with Crippen LogP contribution in [0, 0.1) is 5.92 Å². The first-order valence-electron chi connectivity index (χ1n) is 6.89. The average molecular weight is 225 g/mol. The number of hydrogen-bond acceptors (Lipinski definition) is 2. The van der Waals surface area contributed by atoms with Crippen LogP contribution in [0.25, 0.3) is 0 Å². The normalized spacial score (nSPS) is 16.1. The van der Waals surface area contributed by atoms with Gasteiger partial charge in [0.2, 0.25) is 0 Å². The standard InChI is InChI=1S/C14H27NO/c1-4-14(16)6-5-10-15(13-7-8-13)11-9-12(2)3/h12-13H,4-11H2,1-3H3. The maximum Gasteiger partial charge on any atom is 0.132 e. The monoisotopic (exact) mass is 225 g/mol. The zero-order chi connectivity index (χ0) is 12.0. The van der Waals surface area contributed by atoms with Crippen molar-refractivity contribution in [1.82, 2.24) is 4.90 Å². The van der Waals surface area contributed by atoms with Gasteiger partial charge in [-0.05, 0) is 44.7 Å². The van der Waals surface area contributed by atoms with Gasteiger partial charge in [-0.25, -0.2) is 0 Å². The Kier molecular flexibility index (Phi) is 6.04. The van der Waals surface area contributed by atoms with Crippen molar-refractivity contribution >= 4 is 5.78 Å². The Morgan fingerprint density at radius 2 is 2.00 bits per heavy atom. The van der Waals surface area contributed by atoms with Gasteiger partial charge in [0.1, 0.15) is 5.78 Å². The highest BCUT2D eigenvalue weighted by atomic mass is 16.1. The van der Waals surface area contributed by atoms with E-state index >= 15 is 0 Å². The minimum absolute atomic E-state index is 0.416. The predicted molar refractivity (Wildman–Crippen MR) is 68.6 cm³/mol. The molecule has 1 aliphatic carbocycles. The number of hydrogen-bond donors (Lipinski definition) is 0. The van der Waals surface area contributed by atoms with E-state index in [0.717, 1.165) is 31.3 Å². The summed E-state index contributed by atoms with van der Waals surface area (Å²) in [5.74, 6) is 1.21. The van der Waals surface area contributed by atoms with Gasteiger partial charge in [-0.1, -0.05) is 20.8 Å². The van der Waals surface area contributed by atoms with Crippen molar-refractivity contribution in [3.63, 3.8) is 0 Å². The minimum Gasteiger partial charge on any atom is -0.300 e. The summed E-state index contributed by atoms with van der Waals surface area (Å²) in [4.78, 5) is 13.8. The van der Waals surface area contributed by atoms with E-state index in [9.17, 15) is 4.79 Å². The molecule has 0 atom stereocenters. The second-order valence-corrected chi connectivity index (χ2v) is 5.45. The summed E-state index contributed by atoms with van der Waals surface area (Å²) < 4.78 is 0. The fraction of sp³-hybridized carbons (Fsp3) is 0.929. The molecule has 1 fully saturated rings. The van der Waals surface area contributed by atoms with Crippen LogP contribution in [0.5, 0.6) is 0 Å². The lowest BCUT2D eigenvalue weighted by Crippen LogP contribution is -2.29. The molecule has 94 valence electrons. The molecule has 0 aromatic heterocycles. The van der Waals surface area contributed by atoms with E-state index in [-0.39, 0.29) is 0 Å². The first-order valence-corrected chi connectivity index (χ1v) is 6.89. The number of Topliss-reactive ketones (excluding diaryl/α,β-unsaturated/α-hetero) is 1. The summed E-state index contributed by atoms with van der Waals surface area (Å²) in [6.07, 6.45) is 6.58. The molecule has 0 amide bonds. The zero-order valence-electron chi connectivity index (χ0n) is 11.2. The van der Waals surface area contributed by atoms with Crippen LogP contribution in [-0.4, -0.2) is 29.8 Å². The van der Waals surface area contributed by atoms with E-state index in [4.69, 9.17) is 0 Å². The summed E-state index contributed by atoms with van der Waals surface area (Å²) in [5.41, 5.74) is 0. The van der Waals surface area contributed by atoms with Crippen LogP contribution in [-0.2, 0) is 4.79 Å². The van der Waals surface area contributed by atoms with Crippen LogP contribution in [0.4, 0.5) is 0 Å². The second kappa shape index (κ2) is 7.05. The van der Waals surface area contributed by atoms with Crippen molar-refractivity contribution in [2.75, 3.05) is 13.1 Å². The molecule has 0 spiro atoms. The molecule has 0 unspecified atom stereocenters. The van der Waals surface area contributed by atoms with E-state index in [2.05, 4.69) is 18.7 Å². The average Bonchev–Trinajstić information content (AvgIpc) is 3.06. The van der Waals surface area contributed by atoms with Crippen LogP contribution < -0.4 is 0 Å². The smallest absolute Gasteiger partial charge is 0.132 e. The Labute approximate surface area is 100 Å². The van der Waals surface area contributed by atoms with E-state index < -0.39 is 0 Å². The molecule has 0 bridgehead atoms. The third-order valence-corrected chi connectivity index (χ3v) is 3.35. The van der Waals surface area contributed by atoms with E-state index in [1.807, 2.05) is 6.92 Å². The maximum atomic E-state index is 11.2.